The number of hydrogen-bond donors (Lipinski definition) is 3. The number of fused-ring (bicyclic) bond motifs is 1. The predicted molar refractivity (Wildman–Crippen MR) is 110 cm³/mol. The van der Waals surface area contributed by atoms with Gasteiger partial charge in [-0.1, -0.05) is 0 Å². The van der Waals surface area contributed by atoms with Crippen molar-refractivity contribution in [3.63, 3.8) is 0 Å². The highest BCUT2D eigenvalue weighted by molar-refractivity contribution is 7.88. The van der Waals surface area contributed by atoms with Crippen molar-refractivity contribution in [1.82, 2.24) is 19.3 Å². The van der Waals surface area contributed by atoms with Crippen molar-refractivity contribution in [2.45, 2.75) is 56.5 Å². The van der Waals surface area contributed by atoms with Crippen LogP contribution in [0, 0.1) is 0 Å². The Bertz CT molecular complexity index is 1330. The van der Waals surface area contributed by atoms with Crippen LogP contribution in [-0.4, -0.2) is 63.7 Å². The topological polar surface area (TPSA) is 128 Å². The molecule has 158 valence electrons. The van der Waals surface area contributed by atoms with Crippen LogP contribution < -0.4 is 10.9 Å². The zero-order chi connectivity index (χ0) is 26.9. The lowest BCUT2D eigenvalue weighted by molar-refractivity contribution is 0.0489. The van der Waals surface area contributed by atoms with E-state index >= 15 is 0 Å². The first kappa shape index (κ1) is 13.3. The minimum atomic E-state index is -4.98. The van der Waals surface area contributed by atoms with Gasteiger partial charge in [0.05, 0.1) is 17.5 Å². The summed E-state index contributed by atoms with van der Waals surface area (Å²) in [5.41, 5.74) is -1.02. The number of anilines is 1. The molecule has 2 fully saturated rings. The monoisotopic (exact) mass is 428 g/mol. The van der Waals surface area contributed by atoms with Gasteiger partial charge in [-0.15, -0.1) is 0 Å². The summed E-state index contributed by atoms with van der Waals surface area (Å²) >= 11 is 0. The van der Waals surface area contributed by atoms with Gasteiger partial charge >= 0.3 is 0 Å². The zero-order valence-corrected chi connectivity index (χ0v) is 16.6. The lowest BCUT2D eigenvalue weighted by atomic mass is 9.88. The number of H-pyrrole nitrogens is 1. The zero-order valence-electron chi connectivity index (χ0n) is 22.8. The molecule has 2 aromatic heterocycles. The molecule has 1 saturated carbocycles. The first-order chi connectivity index (χ1) is 16.3. The Morgan fingerprint density at radius 1 is 1.38 bits per heavy atom. The minimum Gasteiger partial charge on any atom is -0.389 e. The van der Waals surface area contributed by atoms with E-state index in [1.807, 2.05) is 0 Å². The molecule has 29 heavy (non-hydrogen) atoms. The van der Waals surface area contributed by atoms with Crippen molar-refractivity contribution in [1.29, 1.82) is 0 Å². The summed E-state index contributed by atoms with van der Waals surface area (Å²) in [7, 11) is -4.98. The second-order valence-corrected chi connectivity index (χ2v) is 9.04. The molecule has 3 heterocycles. The summed E-state index contributed by atoms with van der Waals surface area (Å²) in [6.45, 7) is -0.130. The van der Waals surface area contributed by atoms with Crippen molar-refractivity contribution < 1.29 is 23.1 Å². The van der Waals surface area contributed by atoms with E-state index in [9.17, 15) is 18.3 Å². The van der Waals surface area contributed by atoms with Crippen molar-refractivity contribution in [2.24, 2.45) is 0 Å². The van der Waals surface area contributed by atoms with Gasteiger partial charge in [-0.3, -0.25) is 4.79 Å². The largest absolute Gasteiger partial charge is 0.389 e. The molecule has 0 bridgehead atoms. The Balaban J connectivity index is 1.75. The SMILES string of the molecule is [2H]C1([2H])CN(S(=O)(=O)C([2H])([2H])[2H])CC([2H])([2H])C1Nc1nc([C@H]2CCC[C@@]2(C)O)c2ccc(=O)[nH]c2n1. The number of rotatable bonds is 4. The molecule has 2 atom stereocenters. The smallest absolute Gasteiger partial charge is 0.249 e. The summed E-state index contributed by atoms with van der Waals surface area (Å²) in [6, 6.07) is 1.15. The average molecular weight is 429 g/mol. The van der Waals surface area contributed by atoms with E-state index in [4.69, 9.17) is 9.60 Å². The summed E-state index contributed by atoms with van der Waals surface area (Å²) in [5.74, 6) is -0.638. The number of piperidine rings is 1. The number of nitrogens with zero attached hydrogens (tertiary/aromatic N) is 3. The minimum absolute atomic E-state index is 0.112. The Labute approximate surface area is 179 Å². The van der Waals surface area contributed by atoms with Crippen LogP contribution >= 0.6 is 0 Å². The highest BCUT2D eigenvalue weighted by Gasteiger charge is 2.40. The highest BCUT2D eigenvalue weighted by Crippen LogP contribution is 2.43. The average Bonchev–Trinajstić information content (AvgIpc) is 3.07. The number of aliphatic hydroxyl groups is 1. The maximum absolute atomic E-state index is 12.4. The van der Waals surface area contributed by atoms with Crippen LogP contribution in [0.2, 0.25) is 0 Å². The molecule has 0 spiro atoms. The summed E-state index contributed by atoms with van der Waals surface area (Å²) in [6.07, 6.45) is -6.75. The molecule has 1 aliphatic carbocycles. The molecule has 0 aromatic carbocycles. The maximum atomic E-state index is 12.4. The van der Waals surface area contributed by atoms with Gasteiger partial charge in [0.2, 0.25) is 21.5 Å². The van der Waals surface area contributed by atoms with E-state index in [1.54, 1.807) is 6.92 Å². The van der Waals surface area contributed by atoms with Crippen LogP contribution in [-0.2, 0) is 10.0 Å². The van der Waals surface area contributed by atoms with Gasteiger partial charge in [-0.2, -0.15) is 4.98 Å². The normalized spacial score (nSPS) is 34.3. The van der Waals surface area contributed by atoms with E-state index in [1.165, 1.54) is 12.1 Å². The molecule has 2 aliphatic rings. The molecule has 0 radical (unpaired) electrons. The molecule has 1 aliphatic heterocycles. The Hall–Kier alpha value is -2.04. The maximum Gasteiger partial charge on any atom is 0.249 e. The summed E-state index contributed by atoms with van der Waals surface area (Å²) in [4.78, 5) is 23.2. The summed E-state index contributed by atoms with van der Waals surface area (Å²) < 4.78 is 80.5. The highest BCUT2D eigenvalue weighted by atomic mass is 32.2. The second-order valence-electron chi connectivity index (χ2n) is 7.58. The van der Waals surface area contributed by atoms with Crippen molar-refractivity contribution in [3.8, 4) is 0 Å². The van der Waals surface area contributed by atoms with Gasteiger partial charge in [-0.05, 0) is 45.0 Å². The Morgan fingerprint density at radius 3 is 2.79 bits per heavy atom. The second kappa shape index (κ2) is 7.33. The summed E-state index contributed by atoms with van der Waals surface area (Å²) in [5, 5.41) is 14.0. The van der Waals surface area contributed by atoms with E-state index in [-0.39, 0.29) is 11.6 Å². The molecule has 10 heteroatoms. The quantitative estimate of drug-likeness (QED) is 0.667. The van der Waals surface area contributed by atoms with Crippen LogP contribution in [0.1, 0.15) is 60.1 Å². The first-order valence-electron chi connectivity index (χ1n) is 12.7. The molecular formula is C19H27N5O4S. The Morgan fingerprint density at radius 2 is 2.14 bits per heavy atom. The van der Waals surface area contributed by atoms with Gasteiger partial charge in [-0.25, -0.2) is 17.7 Å². The predicted octanol–water partition coefficient (Wildman–Crippen LogP) is 1.17. The molecule has 3 N–H and O–H groups in total. The van der Waals surface area contributed by atoms with E-state index < -0.39 is 65.2 Å². The standard InChI is InChI=1S/C19H27N5O4S/c1-19(26)9-3-4-14(19)16-13-5-6-15(25)21-17(13)23-18(22-16)20-12-7-10-24(11-8-12)29(2,27)28/h5-6,12,14,26H,3-4,7-11H2,1-2H3,(H2,20,21,22,23,25)/t14-,19-/m1/s1/i2D3,7D2,8D2. The number of hydrogen-bond acceptors (Lipinski definition) is 7. The van der Waals surface area contributed by atoms with Crippen LogP contribution in [0.3, 0.4) is 0 Å². The third kappa shape index (κ3) is 4.15. The third-order valence-corrected chi connectivity index (χ3v) is 6.37. The molecule has 4 rings (SSSR count). The van der Waals surface area contributed by atoms with E-state index in [0.29, 0.717) is 28.2 Å². The molecule has 2 aromatic rings. The lowest BCUT2D eigenvalue weighted by Gasteiger charge is -2.31. The van der Waals surface area contributed by atoms with Crippen LogP contribution in [0.25, 0.3) is 11.0 Å². The number of aromatic nitrogens is 3. The molecule has 1 saturated heterocycles. The molecule has 0 unspecified atom stereocenters. The van der Waals surface area contributed by atoms with Crippen molar-refractivity contribution >= 4 is 27.0 Å². The Kier molecular flexibility index (Phi) is 3.36. The van der Waals surface area contributed by atoms with Gasteiger partial charge < -0.3 is 15.4 Å². The van der Waals surface area contributed by atoms with Gasteiger partial charge in [0.1, 0.15) is 5.65 Å². The third-order valence-electron chi connectivity index (χ3n) is 5.43. The fraction of sp³-hybridized carbons (Fsp3) is 0.632. The first-order valence-corrected chi connectivity index (χ1v) is 10.7. The van der Waals surface area contributed by atoms with Gasteiger partial charge in [0.25, 0.3) is 0 Å². The van der Waals surface area contributed by atoms with E-state index in [2.05, 4.69) is 20.3 Å². The van der Waals surface area contributed by atoms with Crippen molar-refractivity contribution in [3.05, 3.63) is 28.2 Å². The number of aromatic amines is 1. The number of sulfonamides is 1. The van der Waals surface area contributed by atoms with Gasteiger partial charge in [0.15, 0.2) is 0 Å². The molecule has 0 amide bonds. The van der Waals surface area contributed by atoms with Crippen molar-refractivity contribution in [2.75, 3.05) is 24.6 Å². The number of pyridine rings is 1. The fourth-order valence-electron chi connectivity index (χ4n) is 3.89. The van der Waals surface area contributed by atoms with Crippen LogP contribution in [0.5, 0.6) is 0 Å². The van der Waals surface area contributed by atoms with Crippen LogP contribution in [0.4, 0.5) is 5.95 Å². The lowest BCUT2D eigenvalue weighted by Crippen LogP contribution is -2.42. The molecule has 9 nitrogen and oxygen atoms in total. The number of nitrogens with one attached hydrogen (secondary N) is 2. The fourth-order valence-corrected chi connectivity index (χ4v) is 4.38. The van der Waals surface area contributed by atoms with Crippen LogP contribution in [0.15, 0.2) is 16.9 Å². The van der Waals surface area contributed by atoms with Gasteiger partial charge in [0, 0.05) is 46.1 Å². The van der Waals surface area contributed by atoms with E-state index in [0.717, 1.165) is 6.42 Å². The molecular weight excluding hydrogens is 394 g/mol.